The SMILES string of the molecule is CC1(F)CCN(C(=O)OCc2ccccc2)CC1CN. The molecule has 2 rings (SSSR count). The molecule has 1 fully saturated rings. The Bertz CT molecular complexity index is 450. The first-order valence-corrected chi connectivity index (χ1v) is 6.87. The minimum atomic E-state index is -1.30. The van der Waals surface area contributed by atoms with Crippen LogP contribution in [-0.4, -0.2) is 36.3 Å². The highest BCUT2D eigenvalue weighted by Gasteiger charge is 2.40. The van der Waals surface area contributed by atoms with Gasteiger partial charge in [0.25, 0.3) is 0 Å². The summed E-state index contributed by atoms with van der Waals surface area (Å²) in [6.07, 6.45) is -0.0993. The van der Waals surface area contributed by atoms with Gasteiger partial charge < -0.3 is 15.4 Å². The van der Waals surface area contributed by atoms with Gasteiger partial charge in [0.2, 0.25) is 0 Å². The number of nitrogens with zero attached hydrogens (tertiary/aromatic N) is 1. The number of nitrogens with two attached hydrogens (primary N) is 1. The molecule has 2 N–H and O–H groups in total. The van der Waals surface area contributed by atoms with Crippen molar-refractivity contribution < 1.29 is 13.9 Å². The number of alkyl halides is 1. The van der Waals surface area contributed by atoms with E-state index in [-0.39, 0.29) is 19.1 Å². The largest absolute Gasteiger partial charge is 0.445 e. The second kappa shape index (κ2) is 6.22. The van der Waals surface area contributed by atoms with Crippen LogP contribution in [0.1, 0.15) is 18.9 Å². The lowest BCUT2D eigenvalue weighted by molar-refractivity contribution is 0.00945. The normalized spacial score (nSPS) is 26.4. The number of hydrogen-bond donors (Lipinski definition) is 1. The highest BCUT2D eigenvalue weighted by atomic mass is 19.1. The monoisotopic (exact) mass is 280 g/mol. The predicted molar refractivity (Wildman–Crippen MR) is 74.9 cm³/mol. The zero-order valence-corrected chi connectivity index (χ0v) is 11.7. The molecular formula is C15H21FN2O2. The first-order valence-electron chi connectivity index (χ1n) is 6.87. The molecule has 0 bridgehead atoms. The molecular weight excluding hydrogens is 259 g/mol. The summed E-state index contributed by atoms with van der Waals surface area (Å²) in [5.41, 5.74) is 5.22. The zero-order valence-electron chi connectivity index (χ0n) is 11.7. The molecule has 1 heterocycles. The van der Waals surface area contributed by atoms with E-state index in [0.717, 1.165) is 5.56 Å². The van der Waals surface area contributed by atoms with Gasteiger partial charge in [-0.15, -0.1) is 0 Å². The molecule has 20 heavy (non-hydrogen) atoms. The van der Waals surface area contributed by atoms with Gasteiger partial charge in [0.1, 0.15) is 12.3 Å². The summed E-state index contributed by atoms with van der Waals surface area (Å²) < 4.78 is 19.4. The van der Waals surface area contributed by atoms with Crippen molar-refractivity contribution in [2.75, 3.05) is 19.6 Å². The predicted octanol–water partition coefficient (Wildman–Crippen LogP) is 2.33. The number of carbonyl (C=O) groups excluding carboxylic acids is 1. The lowest BCUT2D eigenvalue weighted by atomic mass is 9.84. The van der Waals surface area contributed by atoms with Crippen LogP contribution in [0.25, 0.3) is 0 Å². The van der Waals surface area contributed by atoms with Crippen molar-refractivity contribution in [3.05, 3.63) is 35.9 Å². The maximum absolute atomic E-state index is 14.2. The number of benzene rings is 1. The van der Waals surface area contributed by atoms with Crippen LogP contribution in [0.2, 0.25) is 0 Å². The number of likely N-dealkylation sites (tertiary alicyclic amines) is 1. The molecule has 1 aliphatic rings. The average Bonchev–Trinajstić information content (AvgIpc) is 2.45. The molecule has 1 amide bonds. The summed E-state index contributed by atoms with van der Waals surface area (Å²) in [5, 5.41) is 0. The molecule has 0 aromatic heterocycles. The van der Waals surface area contributed by atoms with Gasteiger partial charge in [-0.1, -0.05) is 30.3 Å². The van der Waals surface area contributed by atoms with Gasteiger partial charge in [0, 0.05) is 19.0 Å². The van der Waals surface area contributed by atoms with Crippen molar-refractivity contribution in [1.29, 1.82) is 0 Å². The molecule has 1 aromatic rings. The Morgan fingerprint density at radius 3 is 2.85 bits per heavy atom. The van der Waals surface area contributed by atoms with Crippen LogP contribution in [0, 0.1) is 5.92 Å². The smallest absolute Gasteiger partial charge is 0.410 e. The van der Waals surface area contributed by atoms with Gasteiger partial charge in [-0.05, 0) is 25.5 Å². The highest BCUT2D eigenvalue weighted by Crippen LogP contribution is 2.31. The van der Waals surface area contributed by atoms with E-state index in [4.69, 9.17) is 10.5 Å². The van der Waals surface area contributed by atoms with E-state index in [1.807, 2.05) is 30.3 Å². The minimum absolute atomic E-state index is 0.232. The molecule has 4 nitrogen and oxygen atoms in total. The van der Waals surface area contributed by atoms with Gasteiger partial charge in [0.15, 0.2) is 0 Å². The van der Waals surface area contributed by atoms with Crippen molar-refractivity contribution in [2.45, 2.75) is 25.6 Å². The first kappa shape index (κ1) is 14.8. The third-order valence-corrected chi connectivity index (χ3v) is 3.91. The zero-order chi connectivity index (χ0) is 14.6. The molecule has 2 unspecified atom stereocenters. The number of rotatable bonds is 3. The number of halogens is 1. The van der Waals surface area contributed by atoms with E-state index in [1.54, 1.807) is 11.8 Å². The van der Waals surface area contributed by atoms with Gasteiger partial charge in [0.05, 0.1) is 0 Å². The molecule has 2 atom stereocenters. The summed E-state index contributed by atoms with van der Waals surface area (Å²) in [6.45, 7) is 2.71. The van der Waals surface area contributed by atoms with Crippen LogP contribution in [0.3, 0.4) is 0 Å². The van der Waals surface area contributed by atoms with Crippen molar-refractivity contribution >= 4 is 6.09 Å². The average molecular weight is 280 g/mol. The Labute approximate surface area is 118 Å². The van der Waals surface area contributed by atoms with Crippen LogP contribution in [-0.2, 0) is 11.3 Å². The standard InChI is InChI=1S/C15H21FN2O2/c1-15(16)7-8-18(10-13(15)9-17)14(19)20-11-12-5-3-2-4-6-12/h2-6,13H,7-11,17H2,1H3. The molecule has 0 aliphatic carbocycles. The maximum atomic E-state index is 14.2. The summed E-state index contributed by atoms with van der Waals surface area (Å²) >= 11 is 0. The summed E-state index contributed by atoms with van der Waals surface area (Å²) in [5.74, 6) is -0.333. The number of hydrogen-bond acceptors (Lipinski definition) is 3. The molecule has 0 saturated carbocycles. The number of amides is 1. The van der Waals surface area contributed by atoms with Crippen molar-refractivity contribution in [3.8, 4) is 0 Å². The van der Waals surface area contributed by atoms with Gasteiger partial charge >= 0.3 is 6.09 Å². The molecule has 1 aromatic carbocycles. The quantitative estimate of drug-likeness (QED) is 0.924. The second-order valence-electron chi connectivity index (χ2n) is 5.45. The first-order chi connectivity index (χ1) is 9.53. The van der Waals surface area contributed by atoms with Crippen LogP contribution in [0.5, 0.6) is 0 Å². The van der Waals surface area contributed by atoms with Crippen LogP contribution in [0.15, 0.2) is 30.3 Å². The molecule has 5 heteroatoms. The van der Waals surface area contributed by atoms with E-state index >= 15 is 0 Å². The number of piperidine rings is 1. The molecule has 0 radical (unpaired) electrons. The molecule has 1 saturated heterocycles. The lowest BCUT2D eigenvalue weighted by Crippen LogP contribution is -2.52. The fraction of sp³-hybridized carbons (Fsp3) is 0.533. The van der Waals surface area contributed by atoms with E-state index in [0.29, 0.717) is 19.5 Å². The minimum Gasteiger partial charge on any atom is -0.445 e. The van der Waals surface area contributed by atoms with Gasteiger partial charge in [-0.3, -0.25) is 0 Å². The second-order valence-corrected chi connectivity index (χ2v) is 5.45. The number of ether oxygens (including phenoxy) is 1. The van der Waals surface area contributed by atoms with E-state index < -0.39 is 11.8 Å². The Hall–Kier alpha value is -1.62. The Morgan fingerprint density at radius 2 is 2.20 bits per heavy atom. The highest BCUT2D eigenvalue weighted by molar-refractivity contribution is 5.67. The fourth-order valence-electron chi connectivity index (χ4n) is 2.40. The lowest BCUT2D eigenvalue weighted by Gasteiger charge is -2.39. The summed E-state index contributed by atoms with van der Waals surface area (Å²) in [6, 6.07) is 9.48. The van der Waals surface area contributed by atoms with Crippen LogP contribution < -0.4 is 5.73 Å². The molecule has 1 aliphatic heterocycles. The fourth-order valence-corrected chi connectivity index (χ4v) is 2.40. The van der Waals surface area contributed by atoms with Crippen molar-refractivity contribution in [2.24, 2.45) is 11.7 Å². The van der Waals surface area contributed by atoms with Crippen LogP contribution in [0.4, 0.5) is 9.18 Å². The third kappa shape index (κ3) is 3.48. The van der Waals surface area contributed by atoms with Crippen molar-refractivity contribution in [1.82, 2.24) is 4.90 Å². The van der Waals surface area contributed by atoms with Crippen LogP contribution >= 0.6 is 0 Å². The van der Waals surface area contributed by atoms with E-state index in [2.05, 4.69) is 0 Å². The molecule has 110 valence electrons. The number of carbonyl (C=O) groups is 1. The Kier molecular flexibility index (Phi) is 4.60. The van der Waals surface area contributed by atoms with E-state index in [9.17, 15) is 9.18 Å². The topological polar surface area (TPSA) is 55.6 Å². The van der Waals surface area contributed by atoms with E-state index in [1.165, 1.54) is 0 Å². The third-order valence-electron chi connectivity index (χ3n) is 3.91. The molecule has 0 spiro atoms. The summed E-state index contributed by atoms with van der Waals surface area (Å²) in [4.78, 5) is 13.5. The Morgan fingerprint density at radius 1 is 1.50 bits per heavy atom. The van der Waals surface area contributed by atoms with Gasteiger partial charge in [-0.2, -0.15) is 0 Å². The van der Waals surface area contributed by atoms with Crippen molar-refractivity contribution in [3.63, 3.8) is 0 Å². The summed E-state index contributed by atoms with van der Waals surface area (Å²) in [7, 11) is 0. The Balaban J connectivity index is 1.87. The van der Waals surface area contributed by atoms with Gasteiger partial charge in [-0.25, -0.2) is 9.18 Å². The maximum Gasteiger partial charge on any atom is 0.410 e.